The van der Waals surface area contributed by atoms with Crippen molar-refractivity contribution < 1.29 is 13.5 Å². The van der Waals surface area contributed by atoms with Gasteiger partial charge in [-0.25, -0.2) is 13.8 Å². The second-order valence-electron chi connectivity index (χ2n) is 2.55. The molecule has 0 aliphatic rings. The normalized spacial score (nSPS) is 10.6. The van der Waals surface area contributed by atoms with Gasteiger partial charge in [-0.15, -0.1) is 0 Å². The minimum absolute atomic E-state index is 0.0662. The first-order valence-electron chi connectivity index (χ1n) is 3.77. The van der Waals surface area contributed by atoms with E-state index in [2.05, 4.69) is 20.9 Å². The molecular weight excluding hydrogens is 258 g/mol. The van der Waals surface area contributed by atoms with Gasteiger partial charge in [0.05, 0.1) is 7.11 Å². The van der Waals surface area contributed by atoms with Gasteiger partial charge < -0.3 is 10.5 Å². The van der Waals surface area contributed by atoms with E-state index in [1.807, 2.05) is 0 Å². The van der Waals surface area contributed by atoms with Crippen molar-refractivity contribution in [3.63, 3.8) is 0 Å². The van der Waals surface area contributed by atoms with Gasteiger partial charge in [0.15, 0.2) is 0 Å². The van der Waals surface area contributed by atoms with Crippen molar-refractivity contribution in [3.05, 3.63) is 17.3 Å². The topological polar surface area (TPSA) is 48.1 Å². The smallest absolute Gasteiger partial charge is 0.280 e. The molecule has 0 atom stereocenters. The highest BCUT2D eigenvalue weighted by Gasteiger charge is 2.15. The predicted octanol–water partition coefficient (Wildman–Crippen LogP) is 2.50. The van der Waals surface area contributed by atoms with Crippen LogP contribution in [0, 0.1) is 0 Å². The summed E-state index contributed by atoms with van der Waals surface area (Å²) in [6.07, 6.45) is -2.64. The Hall–Kier alpha value is -0.910. The standard InChI is InChI=1S/C8H9BrF2N2O/c1-14-6-2-5(7(10)11)13-8(12)4(6)3-9/h2,7H,3H2,1H3,(H2,12,13). The van der Waals surface area contributed by atoms with E-state index < -0.39 is 6.43 Å². The first kappa shape index (κ1) is 11.2. The van der Waals surface area contributed by atoms with Gasteiger partial charge in [-0.1, -0.05) is 15.9 Å². The first-order chi connectivity index (χ1) is 6.60. The summed E-state index contributed by atoms with van der Waals surface area (Å²) >= 11 is 3.17. The largest absolute Gasteiger partial charge is 0.496 e. The number of anilines is 1. The summed E-state index contributed by atoms with van der Waals surface area (Å²) in [7, 11) is 1.40. The van der Waals surface area contributed by atoms with E-state index in [-0.39, 0.29) is 11.5 Å². The van der Waals surface area contributed by atoms with Crippen molar-refractivity contribution in [3.8, 4) is 5.75 Å². The van der Waals surface area contributed by atoms with Crippen molar-refractivity contribution in [2.45, 2.75) is 11.8 Å². The van der Waals surface area contributed by atoms with Crippen LogP contribution in [0.2, 0.25) is 0 Å². The molecule has 2 N–H and O–H groups in total. The van der Waals surface area contributed by atoms with E-state index in [4.69, 9.17) is 10.5 Å². The molecule has 0 aliphatic carbocycles. The van der Waals surface area contributed by atoms with Gasteiger partial charge in [-0.2, -0.15) is 0 Å². The van der Waals surface area contributed by atoms with Crippen molar-refractivity contribution in [2.75, 3.05) is 12.8 Å². The van der Waals surface area contributed by atoms with E-state index in [1.54, 1.807) is 0 Å². The maximum Gasteiger partial charge on any atom is 0.280 e. The Labute approximate surface area is 88.4 Å². The molecule has 14 heavy (non-hydrogen) atoms. The molecule has 3 nitrogen and oxygen atoms in total. The fraction of sp³-hybridized carbons (Fsp3) is 0.375. The quantitative estimate of drug-likeness (QED) is 0.856. The lowest BCUT2D eigenvalue weighted by Crippen LogP contribution is -2.03. The summed E-state index contributed by atoms with van der Waals surface area (Å²) in [6.45, 7) is 0. The van der Waals surface area contributed by atoms with E-state index in [0.717, 1.165) is 0 Å². The Morgan fingerprint density at radius 2 is 2.29 bits per heavy atom. The predicted molar refractivity (Wildman–Crippen MR) is 52.8 cm³/mol. The number of nitrogens with two attached hydrogens (primary N) is 1. The van der Waals surface area contributed by atoms with Crippen LogP contribution < -0.4 is 10.5 Å². The second kappa shape index (κ2) is 4.54. The third kappa shape index (κ3) is 2.12. The van der Waals surface area contributed by atoms with Crippen LogP contribution in [0.5, 0.6) is 5.75 Å². The molecule has 0 bridgehead atoms. The summed E-state index contributed by atoms with van der Waals surface area (Å²) in [4.78, 5) is 3.57. The van der Waals surface area contributed by atoms with Crippen LogP contribution in [0.1, 0.15) is 17.7 Å². The Morgan fingerprint density at radius 3 is 2.71 bits per heavy atom. The van der Waals surface area contributed by atoms with Crippen molar-refractivity contribution in [1.29, 1.82) is 0 Å². The highest BCUT2D eigenvalue weighted by molar-refractivity contribution is 9.08. The molecule has 0 radical (unpaired) electrons. The number of hydrogen-bond acceptors (Lipinski definition) is 3. The van der Waals surface area contributed by atoms with Crippen LogP contribution in [-0.2, 0) is 5.33 Å². The SMILES string of the molecule is COc1cc(C(F)F)nc(N)c1CBr. The Morgan fingerprint density at radius 1 is 1.64 bits per heavy atom. The molecule has 6 heteroatoms. The van der Waals surface area contributed by atoms with E-state index in [1.165, 1.54) is 13.2 Å². The summed E-state index contributed by atoms with van der Waals surface area (Å²) < 4.78 is 29.6. The number of aromatic nitrogens is 1. The van der Waals surface area contributed by atoms with Crippen LogP contribution in [0.25, 0.3) is 0 Å². The van der Waals surface area contributed by atoms with Crippen molar-refractivity contribution >= 4 is 21.7 Å². The van der Waals surface area contributed by atoms with Crippen molar-refractivity contribution in [1.82, 2.24) is 4.98 Å². The van der Waals surface area contributed by atoms with E-state index in [9.17, 15) is 8.78 Å². The number of hydrogen-bond donors (Lipinski definition) is 1. The second-order valence-corrected chi connectivity index (χ2v) is 3.11. The lowest BCUT2D eigenvalue weighted by atomic mass is 10.2. The molecule has 0 spiro atoms. The zero-order valence-electron chi connectivity index (χ0n) is 7.43. The van der Waals surface area contributed by atoms with Crippen molar-refractivity contribution in [2.24, 2.45) is 0 Å². The van der Waals surface area contributed by atoms with Crippen LogP contribution >= 0.6 is 15.9 Å². The van der Waals surface area contributed by atoms with Gasteiger partial charge in [-0.05, 0) is 0 Å². The van der Waals surface area contributed by atoms with Gasteiger partial charge in [-0.3, -0.25) is 0 Å². The molecule has 78 valence electrons. The minimum atomic E-state index is -2.64. The molecule has 1 rings (SSSR count). The van der Waals surface area contributed by atoms with E-state index in [0.29, 0.717) is 16.6 Å². The Kier molecular flexibility index (Phi) is 3.62. The number of alkyl halides is 3. The van der Waals surface area contributed by atoms with Gasteiger partial charge in [0.2, 0.25) is 0 Å². The molecule has 1 aromatic rings. The lowest BCUT2D eigenvalue weighted by Gasteiger charge is -2.10. The summed E-state index contributed by atoms with van der Waals surface area (Å²) in [5, 5.41) is 0.415. The monoisotopic (exact) mass is 266 g/mol. The summed E-state index contributed by atoms with van der Waals surface area (Å²) in [5.74, 6) is 0.390. The number of ether oxygens (including phenoxy) is 1. The number of rotatable bonds is 3. The highest BCUT2D eigenvalue weighted by Crippen LogP contribution is 2.29. The zero-order chi connectivity index (χ0) is 10.7. The minimum Gasteiger partial charge on any atom is -0.496 e. The molecule has 0 saturated heterocycles. The number of nitrogens with zero attached hydrogens (tertiary/aromatic N) is 1. The molecule has 1 heterocycles. The van der Waals surface area contributed by atoms with Gasteiger partial charge in [0, 0.05) is 17.0 Å². The molecule has 0 amide bonds. The summed E-state index contributed by atoms with van der Waals surface area (Å²) in [5.41, 5.74) is 5.70. The highest BCUT2D eigenvalue weighted by atomic mass is 79.9. The summed E-state index contributed by atoms with van der Waals surface area (Å²) in [6, 6.07) is 1.19. The molecule has 0 fully saturated rings. The number of nitrogen functional groups attached to an aromatic ring is 1. The van der Waals surface area contributed by atoms with Gasteiger partial charge in [0.25, 0.3) is 6.43 Å². The zero-order valence-corrected chi connectivity index (χ0v) is 9.01. The molecule has 0 unspecified atom stereocenters. The third-order valence-corrected chi connectivity index (χ3v) is 2.27. The van der Waals surface area contributed by atoms with Crippen LogP contribution in [0.15, 0.2) is 6.07 Å². The van der Waals surface area contributed by atoms with Gasteiger partial charge >= 0.3 is 0 Å². The number of halogens is 3. The maximum atomic E-state index is 12.3. The molecule has 0 aromatic carbocycles. The van der Waals surface area contributed by atoms with Crippen LogP contribution in [0.3, 0.4) is 0 Å². The molecular formula is C8H9BrF2N2O. The average molecular weight is 267 g/mol. The number of pyridine rings is 1. The van der Waals surface area contributed by atoms with Crippen LogP contribution in [0.4, 0.5) is 14.6 Å². The molecule has 0 aliphatic heterocycles. The lowest BCUT2D eigenvalue weighted by molar-refractivity contribution is 0.146. The Balaban J connectivity index is 3.24. The van der Waals surface area contributed by atoms with Crippen LogP contribution in [-0.4, -0.2) is 12.1 Å². The first-order valence-corrected chi connectivity index (χ1v) is 4.89. The fourth-order valence-electron chi connectivity index (χ4n) is 1.01. The maximum absolute atomic E-state index is 12.3. The number of methoxy groups -OCH3 is 1. The van der Waals surface area contributed by atoms with Gasteiger partial charge in [0.1, 0.15) is 17.3 Å². The third-order valence-electron chi connectivity index (χ3n) is 1.71. The van der Waals surface area contributed by atoms with E-state index >= 15 is 0 Å². The molecule has 0 saturated carbocycles. The molecule has 1 aromatic heterocycles. The Bertz CT molecular complexity index is 333. The fourth-order valence-corrected chi connectivity index (χ4v) is 1.58. The average Bonchev–Trinajstić information content (AvgIpc) is 2.16.